The van der Waals surface area contributed by atoms with E-state index in [-0.39, 0.29) is 24.3 Å². The molecule has 0 aromatic carbocycles. The second-order valence-corrected chi connectivity index (χ2v) is 5.67. The van der Waals surface area contributed by atoms with Gasteiger partial charge in [-0.25, -0.2) is 4.98 Å². The van der Waals surface area contributed by atoms with Crippen LogP contribution in [0.15, 0.2) is 35.8 Å². The molecule has 21 heavy (non-hydrogen) atoms. The highest BCUT2D eigenvalue weighted by atomic mass is 32.1. The number of hydrogen-bond acceptors (Lipinski definition) is 4. The number of nitrogens with zero attached hydrogens (tertiary/aromatic N) is 1. The molecule has 0 fully saturated rings. The van der Waals surface area contributed by atoms with Gasteiger partial charge in [0, 0.05) is 18.0 Å². The van der Waals surface area contributed by atoms with Gasteiger partial charge in [0.15, 0.2) is 0 Å². The van der Waals surface area contributed by atoms with Gasteiger partial charge in [0.1, 0.15) is 5.82 Å². The number of aryl methyl sites for hydroxylation is 1. The number of carbonyl (C=O) groups is 2. The van der Waals surface area contributed by atoms with Crippen LogP contribution in [0.4, 0.5) is 5.82 Å². The molecule has 0 saturated heterocycles. The molecule has 0 bridgehead atoms. The Morgan fingerprint density at radius 2 is 2.14 bits per heavy atom. The molecule has 0 radical (unpaired) electrons. The Hall–Kier alpha value is -2.21. The number of anilines is 1. The van der Waals surface area contributed by atoms with Crippen molar-refractivity contribution in [1.29, 1.82) is 0 Å². The van der Waals surface area contributed by atoms with E-state index in [0.717, 1.165) is 10.4 Å². The van der Waals surface area contributed by atoms with Crippen molar-refractivity contribution in [1.82, 2.24) is 10.3 Å². The Bertz CT molecular complexity index is 626. The monoisotopic (exact) mass is 303 g/mol. The number of nitrogens with one attached hydrogen (secondary N) is 2. The summed E-state index contributed by atoms with van der Waals surface area (Å²) in [4.78, 5) is 28.5. The van der Waals surface area contributed by atoms with E-state index in [1.54, 1.807) is 6.20 Å². The first-order valence-corrected chi connectivity index (χ1v) is 7.46. The van der Waals surface area contributed by atoms with E-state index in [9.17, 15) is 9.59 Å². The first-order valence-electron chi connectivity index (χ1n) is 6.58. The lowest BCUT2D eigenvalue weighted by molar-refractivity contribution is -0.120. The average molecular weight is 303 g/mol. The van der Waals surface area contributed by atoms with E-state index in [1.807, 2.05) is 36.6 Å². The molecule has 2 aromatic rings. The van der Waals surface area contributed by atoms with Crippen LogP contribution in [0, 0.1) is 6.92 Å². The lowest BCUT2D eigenvalue weighted by Gasteiger charge is -2.16. The largest absolute Gasteiger partial charge is 0.348 e. The van der Waals surface area contributed by atoms with E-state index in [1.165, 1.54) is 18.3 Å². The Morgan fingerprint density at radius 3 is 2.76 bits per heavy atom. The van der Waals surface area contributed by atoms with Gasteiger partial charge in [0.2, 0.25) is 11.8 Å². The SMILES string of the molecule is CC(=O)NC(CC(=O)Nc1ncccc1C)c1cccs1. The minimum atomic E-state index is -0.313. The van der Waals surface area contributed by atoms with Gasteiger partial charge < -0.3 is 10.6 Å². The summed E-state index contributed by atoms with van der Waals surface area (Å²) >= 11 is 1.51. The summed E-state index contributed by atoms with van der Waals surface area (Å²) in [6, 6.07) is 7.19. The molecule has 2 N–H and O–H groups in total. The molecule has 1 atom stereocenters. The number of rotatable bonds is 5. The standard InChI is InChI=1S/C15H17N3O2S/c1-10-5-3-7-16-15(10)18-14(20)9-12(17-11(2)19)13-6-4-8-21-13/h3-8,12H,9H2,1-2H3,(H,17,19)(H,16,18,20). The molecule has 2 amide bonds. The van der Waals surface area contributed by atoms with Gasteiger partial charge in [-0.1, -0.05) is 12.1 Å². The van der Waals surface area contributed by atoms with Crippen LogP contribution in [-0.2, 0) is 9.59 Å². The van der Waals surface area contributed by atoms with Gasteiger partial charge in [-0.15, -0.1) is 11.3 Å². The van der Waals surface area contributed by atoms with Crippen LogP contribution in [-0.4, -0.2) is 16.8 Å². The molecule has 5 nitrogen and oxygen atoms in total. The van der Waals surface area contributed by atoms with Crippen molar-refractivity contribution in [2.45, 2.75) is 26.3 Å². The van der Waals surface area contributed by atoms with Gasteiger partial charge in [-0.3, -0.25) is 9.59 Å². The van der Waals surface area contributed by atoms with Crippen molar-refractivity contribution in [2.75, 3.05) is 5.32 Å². The number of pyridine rings is 1. The van der Waals surface area contributed by atoms with E-state index in [2.05, 4.69) is 15.6 Å². The predicted molar refractivity (Wildman–Crippen MR) is 83.1 cm³/mol. The Morgan fingerprint density at radius 1 is 1.33 bits per heavy atom. The average Bonchev–Trinajstić information content (AvgIpc) is 2.94. The zero-order valence-corrected chi connectivity index (χ0v) is 12.7. The van der Waals surface area contributed by atoms with Crippen molar-refractivity contribution < 1.29 is 9.59 Å². The van der Waals surface area contributed by atoms with Gasteiger partial charge in [0.05, 0.1) is 12.5 Å². The van der Waals surface area contributed by atoms with E-state index in [4.69, 9.17) is 0 Å². The third kappa shape index (κ3) is 4.39. The Balaban J connectivity index is 2.05. The topological polar surface area (TPSA) is 71.1 Å². The molecule has 6 heteroatoms. The molecule has 0 aliphatic carbocycles. The maximum Gasteiger partial charge on any atom is 0.227 e. The van der Waals surface area contributed by atoms with Crippen molar-refractivity contribution in [3.05, 3.63) is 46.3 Å². The third-order valence-electron chi connectivity index (χ3n) is 2.92. The molecule has 2 heterocycles. The highest BCUT2D eigenvalue weighted by molar-refractivity contribution is 7.10. The summed E-state index contributed by atoms with van der Waals surface area (Å²) in [7, 11) is 0. The fourth-order valence-corrected chi connectivity index (χ4v) is 2.72. The summed E-state index contributed by atoms with van der Waals surface area (Å²) in [6.45, 7) is 3.33. The number of amides is 2. The number of aromatic nitrogens is 1. The van der Waals surface area contributed by atoms with Crippen LogP contribution < -0.4 is 10.6 Å². The van der Waals surface area contributed by atoms with Gasteiger partial charge in [-0.2, -0.15) is 0 Å². The number of carbonyl (C=O) groups excluding carboxylic acids is 2. The molecular weight excluding hydrogens is 286 g/mol. The lowest BCUT2D eigenvalue weighted by Crippen LogP contribution is -2.29. The maximum atomic E-state index is 12.2. The molecule has 0 spiro atoms. The molecule has 0 aliphatic heterocycles. The fourth-order valence-electron chi connectivity index (χ4n) is 1.94. The minimum Gasteiger partial charge on any atom is -0.348 e. The van der Waals surface area contributed by atoms with Crippen LogP contribution in [0.1, 0.15) is 29.8 Å². The summed E-state index contributed by atoms with van der Waals surface area (Å²) in [5.74, 6) is 0.217. The Kier molecular flexibility index (Phi) is 5.05. The maximum absolute atomic E-state index is 12.2. The summed E-state index contributed by atoms with van der Waals surface area (Å²) in [6.07, 6.45) is 1.81. The van der Waals surface area contributed by atoms with Crippen LogP contribution in [0.5, 0.6) is 0 Å². The zero-order chi connectivity index (χ0) is 15.2. The zero-order valence-electron chi connectivity index (χ0n) is 11.9. The van der Waals surface area contributed by atoms with Crippen LogP contribution in [0.25, 0.3) is 0 Å². The van der Waals surface area contributed by atoms with E-state index >= 15 is 0 Å². The van der Waals surface area contributed by atoms with Gasteiger partial charge >= 0.3 is 0 Å². The molecule has 0 aliphatic rings. The second-order valence-electron chi connectivity index (χ2n) is 4.69. The summed E-state index contributed by atoms with van der Waals surface area (Å²) < 4.78 is 0. The fraction of sp³-hybridized carbons (Fsp3) is 0.267. The van der Waals surface area contributed by atoms with E-state index in [0.29, 0.717) is 5.82 Å². The molecule has 0 saturated carbocycles. The van der Waals surface area contributed by atoms with Crippen LogP contribution in [0.3, 0.4) is 0 Å². The van der Waals surface area contributed by atoms with Gasteiger partial charge in [-0.05, 0) is 30.0 Å². The molecular formula is C15H17N3O2S. The predicted octanol–water partition coefficient (Wildman–Crippen LogP) is 2.66. The van der Waals surface area contributed by atoms with E-state index < -0.39 is 0 Å². The minimum absolute atomic E-state index is 0.157. The summed E-state index contributed by atoms with van der Waals surface area (Å²) in [5, 5.41) is 7.50. The first kappa shape index (κ1) is 15.2. The molecule has 1 unspecified atom stereocenters. The highest BCUT2D eigenvalue weighted by Crippen LogP contribution is 2.22. The number of thiophene rings is 1. The smallest absolute Gasteiger partial charge is 0.227 e. The van der Waals surface area contributed by atoms with Crippen molar-refractivity contribution in [2.24, 2.45) is 0 Å². The second kappa shape index (κ2) is 6.99. The first-order chi connectivity index (χ1) is 10.1. The molecule has 2 rings (SSSR count). The normalized spacial score (nSPS) is 11.7. The van der Waals surface area contributed by atoms with Crippen LogP contribution in [0.2, 0.25) is 0 Å². The molecule has 2 aromatic heterocycles. The Labute approximate surface area is 127 Å². The highest BCUT2D eigenvalue weighted by Gasteiger charge is 2.18. The molecule has 110 valence electrons. The van der Waals surface area contributed by atoms with Gasteiger partial charge in [0.25, 0.3) is 0 Å². The van der Waals surface area contributed by atoms with Crippen molar-refractivity contribution >= 4 is 29.0 Å². The summed E-state index contributed by atoms with van der Waals surface area (Å²) in [5.41, 5.74) is 0.901. The van der Waals surface area contributed by atoms with Crippen molar-refractivity contribution in [3.63, 3.8) is 0 Å². The number of hydrogen-bond donors (Lipinski definition) is 2. The lowest BCUT2D eigenvalue weighted by atomic mass is 10.1. The van der Waals surface area contributed by atoms with Crippen molar-refractivity contribution in [3.8, 4) is 0 Å². The van der Waals surface area contributed by atoms with Crippen LogP contribution >= 0.6 is 11.3 Å². The quantitative estimate of drug-likeness (QED) is 0.892. The third-order valence-corrected chi connectivity index (χ3v) is 3.91.